The molecule has 0 aliphatic rings. The molecule has 176 valence electrons. The van der Waals surface area contributed by atoms with Gasteiger partial charge in [-0.25, -0.2) is 10.2 Å². The van der Waals surface area contributed by atoms with Gasteiger partial charge in [0.1, 0.15) is 4.88 Å². The number of benzene rings is 3. The zero-order chi connectivity index (χ0) is 24.9. The molecule has 4 rings (SSSR count). The quantitative estimate of drug-likeness (QED) is 0.116. The zero-order valence-corrected chi connectivity index (χ0v) is 19.6. The van der Waals surface area contributed by atoms with E-state index in [2.05, 4.69) is 10.5 Å². The summed E-state index contributed by atoms with van der Waals surface area (Å²) < 4.78 is 11.7. The van der Waals surface area contributed by atoms with Crippen molar-refractivity contribution in [2.24, 2.45) is 5.10 Å². The lowest BCUT2D eigenvalue weighted by Crippen LogP contribution is -2.17. The number of non-ortho nitro benzene ring substituents is 1. The average Bonchev–Trinajstić information content (AvgIpc) is 3.21. The van der Waals surface area contributed by atoms with Gasteiger partial charge in [-0.05, 0) is 42.0 Å². The van der Waals surface area contributed by atoms with Crippen LogP contribution in [0.25, 0.3) is 10.1 Å². The van der Waals surface area contributed by atoms with E-state index >= 15 is 0 Å². The highest BCUT2D eigenvalue weighted by atomic mass is 35.5. The summed E-state index contributed by atoms with van der Waals surface area (Å²) in [6, 6.07) is 17.3. The number of carbonyl (C=O) groups excluding carboxylic acids is 2. The van der Waals surface area contributed by atoms with E-state index in [4.69, 9.17) is 21.1 Å². The third-order valence-corrected chi connectivity index (χ3v) is 6.49. The minimum absolute atomic E-state index is 0.118. The number of thiophene rings is 1. The Bertz CT molecular complexity index is 1470. The van der Waals surface area contributed by atoms with E-state index in [0.717, 1.165) is 10.1 Å². The number of amides is 1. The Kier molecular flexibility index (Phi) is 7.04. The zero-order valence-electron chi connectivity index (χ0n) is 18.1. The van der Waals surface area contributed by atoms with E-state index in [0.29, 0.717) is 10.6 Å². The molecule has 11 heteroatoms. The maximum atomic E-state index is 12.7. The fraction of sp³-hybridized carbons (Fsp3) is 0.0417. The van der Waals surface area contributed by atoms with E-state index in [-0.39, 0.29) is 27.6 Å². The molecular formula is C24H16ClN3O6S. The second-order valence-electron chi connectivity index (χ2n) is 7.04. The lowest BCUT2D eigenvalue weighted by Gasteiger charge is -2.09. The van der Waals surface area contributed by atoms with Crippen LogP contribution in [0.4, 0.5) is 5.69 Å². The number of carbonyl (C=O) groups is 2. The first-order valence-electron chi connectivity index (χ1n) is 10.0. The van der Waals surface area contributed by atoms with Gasteiger partial charge in [0.25, 0.3) is 11.6 Å². The minimum atomic E-state index is -0.605. The Hall–Kier alpha value is -4.28. The Labute approximate surface area is 207 Å². The third kappa shape index (κ3) is 5.29. The fourth-order valence-electron chi connectivity index (χ4n) is 3.10. The van der Waals surface area contributed by atoms with Crippen molar-refractivity contribution < 1.29 is 24.0 Å². The standard InChI is InChI=1S/C24H16ClN3O6S/c1-33-19-12-14(13-26-27-23(29)15-7-9-16(10-8-15)28(31)32)6-11-18(19)34-24(30)22-21(25)17-4-2-3-5-20(17)35-22/h2-13H,1H3,(H,27,29)/b26-13-. The Balaban J connectivity index is 1.44. The Morgan fingerprint density at radius 1 is 1.09 bits per heavy atom. The molecule has 0 spiro atoms. The van der Waals surface area contributed by atoms with Crippen molar-refractivity contribution in [1.82, 2.24) is 5.43 Å². The fourth-order valence-corrected chi connectivity index (χ4v) is 4.49. The molecular weight excluding hydrogens is 494 g/mol. The van der Waals surface area contributed by atoms with E-state index in [1.54, 1.807) is 12.1 Å². The SMILES string of the molecule is COc1cc(/C=N\NC(=O)c2ccc([N+](=O)[O-])cc2)ccc1OC(=O)c1sc2ccccc2c1Cl. The Morgan fingerprint density at radius 2 is 1.83 bits per heavy atom. The number of fused-ring (bicyclic) bond motifs is 1. The first-order valence-corrected chi connectivity index (χ1v) is 11.2. The molecule has 0 atom stereocenters. The van der Waals surface area contributed by atoms with Crippen LogP contribution in [0.5, 0.6) is 11.5 Å². The summed E-state index contributed by atoms with van der Waals surface area (Å²) in [6.45, 7) is 0. The van der Waals surface area contributed by atoms with Crippen LogP contribution < -0.4 is 14.9 Å². The number of methoxy groups -OCH3 is 1. The second kappa shape index (κ2) is 10.3. The number of ether oxygens (including phenoxy) is 2. The molecule has 9 nitrogen and oxygen atoms in total. The highest BCUT2D eigenvalue weighted by molar-refractivity contribution is 7.21. The first kappa shape index (κ1) is 23.9. The molecule has 0 saturated heterocycles. The van der Waals surface area contributed by atoms with Crippen LogP contribution in [0, 0.1) is 10.1 Å². The molecule has 1 aromatic heterocycles. The third-order valence-electron chi connectivity index (χ3n) is 4.83. The number of rotatable bonds is 7. The van der Waals surface area contributed by atoms with Crippen LogP contribution in [-0.4, -0.2) is 30.1 Å². The van der Waals surface area contributed by atoms with Gasteiger partial charge in [0.05, 0.1) is 23.3 Å². The van der Waals surface area contributed by atoms with Crippen molar-refractivity contribution in [2.75, 3.05) is 7.11 Å². The molecule has 1 amide bonds. The highest BCUT2D eigenvalue weighted by Crippen LogP contribution is 2.37. The predicted octanol–water partition coefficient (Wildman–Crippen LogP) is 5.45. The second-order valence-corrected chi connectivity index (χ2v) is 8.47. The molecule has 3 aromatic carbocycles. The maximum absolute atomic E-state index is 12.7. The summed E-state index contributed by atoms with van der Waals surface area (Å²) in [6.07, 6.45) is 1.38. The van der Waals surface area contributed by atoms with Crippen molar-refractivity contribution in [1.29, 1.82) is 0 Å². The normalized spacial score (nSPS) is 10.9. The average molecular weight is 510 g/mol. The van der Waals surface area contributed by atoms with Crippen LogP contribution in [0.3, 0.4) is 0 Å². The van der Waals surface area contributed by atoms with Crippen molar-refractivity contribution >= 4 is 56.8 Å². The number of halogens is 1. The molecule has 0 aliphatic heterocycles. The van der Waals surface area contributed by atoms with E-state index in [1.807, 2.05) is 24.3 Å². The number of nitro groups is 1. The number of esters is 1. The Morgan fingerprint density at radius 3 is 2.51 bits per heavy atom. The number of hydrogen-bond acceptors (Lipinski definition) is 8. The van der Waals surface area contributed by atoms with Crippen molar-refractivity contribution in [2.45, 2.75) is 0 Å². The monoisotopic (exact) mass is 509 g/mol. The summed E-state index contributed by atoms with van der Waals surface area (Å²) in [5.74, 6) is -0.667. The molecule has 0 saturated carbocycles. The summed E-state index contributed by atoms with van der Waals surface area (Å²) in [5.41, 5.74) is 3.00. The van der Waals surface area contributed by atoms with Crippen LogP contribution in [0.1, 0.15) is 25.6 Å². The maximum Gasteiger partial charge on any atom is 0.355 e. The predicted molar refractivity (Wildman–Crippen MR) is 133 cm³/mol. The topological polar surface area (TPSA) is 120 Å². The van der Waals surface area contributed by atoms with Gasteiger partial charge in [0.2, 0.25) is 0 Å². The molecule has 0 aliphatic carbocycles. The van der Waals surface area contributed by atoms with E-state index in [1.165, 1.54) is 55.0 Å². The number of nitrogens with one attached hydrogen (secondary N) is 1. The summed E-state index contributed by atoms with van der Waals surface area (Å²) in [4.78, 5) is 35.3. The van der Waals surface area contributed by atoms with Gasteiger partial charge in [-0.2, -0.15) is 5.10 Å². The van der Waals surface area contributed by atoms with Crippen molar-refractivity contribution in [3.05, 3.63) is 97.9 Å². The lowest BCUT2D eigenvalue weighted by atomic mass is 10.2. The van der Waals surface area contributed by atoms with Gasteiger partial charge in [-0.1, -0.05) is 29.8 Å². The summed E-state index contributed by atoms with van der Waals surface area (Å²) in [7, 11) is 1.43. The molecule has 0 radical (unpaired) electrons. The number of hydrazone groups is 1. The van der Waals surface area contributed by atoms with Crippen LogP contribution in [-0.2, 0) is 0 Å². The summed E-state index contributed by atoms with van der Waals surface area (Å²) in [5, 5.41) is 15.7. The van der Waals surface area contributed by atoms with Gasteiger partial charge in [-0.3, -0.25) is 14.9 Å². The van der Waals surface area contributed by atoms with Crippen LogP contribution >= 0.6 is 22.9 Å². The van der Waals surface area contributed by atoms with Gasteiger partial charge in [0, 0.05) is 27.8 Å². The molecule has 0 fully saturated rings. The van der Waals surface area contributed by atoms with Gasteiger partial charge < -0.3 is 9.47 Å². The van der Waals surface area contributed by atoms with Gasteiger partial charge in [0.15, 0.2) is 11.5 Å². The molecule has 1 heterocycles. The highest BCUT2D eigenvalue weighted by Gasteiger charge is 2.20. The number of nitrogens with zero attached hydrogens (tertiary/aromatic N) is 2. The van der Waals surface area contributed by atoms with E-state index < -0.39 is 16.8 Å². The van der Waals surface area contributed by atoms with Crippen LogP contribution in [0.15, 0.2) is 71.8 Å². The molecule has 35 heavy (non-hydrogen) atoms. The molecule has 0 bridgehead atoms. The van der Waals surface area contributed by atoms with E-state index in [9.17, 15) is 19.7 Å². The molecule has 0 unspecified atom stereocenters. The first-order chi connectivity index (χ1) is 16.9. The van der Waals surface area contributed by atoms with Crippen LogP contribution in [0.2, 0.25) is 5.02 Å². The summed E-state index contributed by atoms with van der Waals surface area (Å²) >= 11 is 7.60. The van der Waals surface area contributed by atoms with Crippen molar-refractivity contribution in [3.8, 4) is 11.5 Å². The number of hydrogen-bond donors (Lipinski definition) is 1. The van der Waals surface area contributed by atoms with Crippen molar-refractivity contribution in [3.63, 3.8) is 0 Å². The van der Waals surface area contributed by atoms with Gasteiger partial charge >= 0.3 is 5.97 Å². The lowest BCUT2D eigenvalue weighted by molar-refractivity contribution is -0.384. The minimum Gasteiger partial charge on any atom is -0.493 e. The smallest absolute Gasteiger partial charge is 0.355 e. The van der Waals surface area contributed by atoms with Gasteiger partial charge in [-0.15, -0.1) is 11.3 Å². The molecule has 1 N–H and O–H groups in total. The molecule has 4 aromatic rings. The largest absolute Gasteiger partial charge is 0.493 e. The number of nitro benzene ring substituents is 1.